The third-order valence-electron chi connectivity index (χ3n) is 3.17. The first-order chi connectivity index (χ1) is 9.10. The fourth-order valence-electron chi connectivity index (χ4n) is 2.07. The number of carbonyl (C=O) groups excluding carboxylic acids is 2. The van der Waals surface area contributed by atoms with E-state index in [2.05, 4.69) is 15.6 Å². The van der Waals surface area contributed by atoms with E-state index in [0.29, 0.717) is 17.8 Å². The number of thiophene rings is 1. The van der Waals surface area contributed by atoms with E-state index in [-0.39, 0.29) is 11.8 Å². The molecule has 0 unspecified atom stereocenters. The van der Waals surface area contributed by atoms with Crippen molar-refractivity contribution < 1.29 is 9.59 Å². The van der Waals surface area contributed by atoms with Crippen LogP contribution >= 0.6 is 11.3 Å². The van der Waals surface area contributed by atoms with Gasteiger partial charge in [-0.1, -0.05) is 0 Å². The fraction of sp³-hybridized carbons (Fsp3) is 0.500. The van der Waals surface area contributed by atoms with Crippen molar-refractivity contribution in [2.75, 3.05) is 19.6 Å². The molecule has 0 spiro atoms. The van der Waals surface area contributed by atoms with E-state index >= 15 is 0 Å². The fourth-order valence-corrected chi connectivity index (χ4v) is 3.01. The smallest absolute Gasteiger partial charge is 0.275 e. The molecule has 1 aromatic heterocycles. The van der Waals surface area contributed by atoms with E-state index in [1.165, 1.54) is 11.3 Å². The minimum atomic E-state index is -0.257. The van der Waals surface area contributed by atoms with Crippen molar-refractivity contribution in [3.8, 4) is 0 Å². The Kier molecular flexibility index (Phi) is 4.52. The second-order valence-electron chi connectivity index (χ2n) is 4.54. The molecular formula is C12H18N4O2S. The third-order valence-corrected chi connectivity index (χ3v) is 4.27. The maximum atomic E-state index is 11.5. The van der Waals surface area contributed by atoms with Gasteiger partial charge in [0.1, 0.15) is 0 Å². The molecule has 0 atom stereocenters. The monoisotopic (exact) mass is 282 g/mol. The summed E-state index contributed by atoms with van der Waals surface area (Å²) in [6.07, 6.45) is 0.527. The molecule has 1 aliphatic heterocycles. The van der Waals surface area contributed by atoms with Gasteiger partial charge in [0.25, 0.3) is 5.91 Å². The van der Waals surface area contributed by atoms with Crippen LogP contribution in [0, 0.1) is 6.92 Å². The van der Waals surface area contributed by atoms with E-state index in [1.54, 1.807) is 0 Å². The van der Waals surface area contributed by atoms with Gasteiger partial charge < -0.3 is 5.32 Å². The summed E-state index contributed by atoms with van der Waals surface area (Å²) in [7, 11) is 0. The summed E-state index contributed by atoms with van der Waals surface area (Å²) in [6, 6.07) is 1.88. The zero-order chi connectivity index (χ0) is 13.8. The van der Waals surface area contributed by atoms with Crippen LogP contribution in [0.3, 0.4) is 0 Å². The van der Waals surface area contributed by atoms with Crippen molar-refractivity contribution in [2.24, 2.45) is 5.84 Å². The van der Waals surface area contributed by atoms with Crippen LogP contribution in [-0.4, -0.2) is 36.3 Å². The molecule has 0 bridgehead atoms. The quantitative estimate of drug-likeness (QED) is 0.413. The summed E-state index contributed by atoms with van der Waals surface area (Å²) in [5.41, 5.74) is 3.27. The normalized spacial score (nSPS) is 16.8. The average molecular weight is 282 g/mol. The Bertz CT molecular complexity index is 486. The molecule has 1 aromatic rings. The number of aryl methyl sites for hydroxylation is 1. The predicted molar refractivity (Wildman–Crippen MR) is 73.6 cm³/mol. The molecule has 2 heterocycles. The second kappa shape index (κ2) is 6.14. The second-order valence-corrected chi connectivity index (χ2v) is 5.80. The lowest BCUT2D eigenvalue weighted by molar-refractivity contribution is -0.120. The van der Waals surface area contributed by atoms with Crippen LogP contribution in [0.25, 0.3) is 0 Å². The topological polar surface area (TPSA) is 87.5 Å². The van der Waals surface area contributed by atoms with Gasteiger partial charge in [-0.05, 0) is 18.6 Å². The Morgan fingerprint density at radius 2 is 2.37 bits per heavy atom. The molecule has 0 radical (unpaired) electrons. The molecule has 1 saturated heterocycles. The standard InChI is InChI=1S/C12H18N4O2S/c1-8-9(6-10(19-8)12(18)15-13)7-16-4-2-11(17)14-3-5-16/h6H,2-5,7,13H2,1H3,(H,14,17)(H,15,18). The minimum Gasteiger partial charge on any atom is -0.355 e. The van der Waals surface area contributed by atoms with Gasteiger partial charge in [-0.15, -0.1) is 11.3 Å². The van der Waals surface area contributed by atoms with Gasteiger partial charge in [0.2, 0.25) is 5.91 Å². The molecule has 2 rings (SSSR count). The highest BCUT2D eigenvalue weighted by atomic mass is 32.1. The van der Waals surface area contributed by atoms with E-state index in [1.807, 2.05) is 13.0 Å². The maximum Gasteiger partial charge on any atom is 0.275 e. The number of nitrogens with zero attached hydrogens (tertiary/aromatic N) is 1. The van der Waals surface area contributed by atoms with Crippen molar-refractivity contribution in [2.45, 2.75) is 19.9 Å². The van der Waals surface area contributed by atoms with Crippen molar-refractivity contribution in [1.82, 2.24) is 15.6 Å². The molecule has 0 aliphatic carbocycles. The Morgan fingerprint density at radius 3 is 3.11 bits per heavy atom. The first kappa shape index (κ1) is 14.0. The van der Waals surface area contributed by atoms with Gasteiger partial charge in [-0.2, -0.15) is 0 Å². The number of nitrogens with one attached hydrogen (secondary N) is 2. The number of carbonyl (C=O) groups is 2. The van der Waals surface area contributed by atoms with Crippen molar-refractivity contribution in [3.63, 3.8) is 0 Å². The van der Waals surface area contributed by atoms with Crippen LogP contribution in [0.5, 0.6) is 0 Å². The summed E-state index contributed by atoms with van der Waals surface area (Å²) in [5.74, 6) is 4.98. The number of nitrogen functional groups attached to an aromatic ring is 1. The maximum absolute atomic E-state index is 11.5. The lowest BCUT2D eigenvalue weighted by Crippen LogP contribution is -2.29. The average Bonchev–Trinajstić information content (AvgIpc) is 2.62. The van der Waals surface area contributed by atoms with Gasteiger partial charge in [0, 0.05) is 37.5 Å². The number of amides is 2. The molecule has 1 aliphatic rings. The SMILES string of the molecule is Cc1sc(C(=O)NN)cc1CN1CCNC(=O)CC1. The number of nitrogens with two attached hydrogens (primary N) is 1. The van der Waals surface area contributed by atoms with Gasteiger partial charge in [0.15, 0.2) is 0 Å². The summed E-state index contributed by atoms with van der Waals surface area (Å²) >= 11 is 1.44. The largest absolute Gasteiger partial charge is 0.355 e. The van der Waals surface area contributed by atoms with Crippen LogP contribution < -0.4 is 16.6 Å². The molecular weight excluding hydrogens is 264 g/mol. The van der Waals surface area contributed by atoms with E-state index < -0.39 is 0 Å². The van der Waals surface area contributed by atoms with E-state index in [4.69, 9.17) is 5.84 Å². The zero-order valence-corrected chi connectivity index (χ0v) is 11.7. The zero-order valence-electron chi connectivity index (χ0n) is 10.9. The molecule has 0 saturated carbocycles. The van der Waals surface area contributed by atoms with Crippen LogP contribution in [0.4, 0.5) is 0 Å². The highest BCUT2D eigenvalue weighted by Crippen LogP contribution is 2.23. The Balaban J connectivity index is 2.04. The highest BCUT2D eigenvalue weighted by Gasteiger charge is 2.17. The molecule has 7 heteroatoms. The van der Waals surface area contributed by atoms with Crippen LogP contribution in [-0.2, 0) is 11.3 Å². The van der Waals surface area contributed by atoms with Crippen molar-refractivity contribution in [1.29, 1.82) is 0 Å². The number of hydrogen-bond acceptors (Lipinski definition) is 5. The summed E-state index contributed by atoms with van der Waals surface area (Å²) in [5, 5.41) is 2.85. The third kappa shape index (κ3) is 3.52. The molecule has 6 nitrogen and oxygen atoms in total. The van der Waals surface area contributed by atoms with E-state index in [9.17, 15) is 9.59 Å². The molecule has 2 amide bonds. The summed E-state index contributed by atoms with van der Waals surface area (Å²) < 4.78 is 0. The van der Waals surface area contributed by atoms with Crippen LogP contribution in [0.15, 0.2) is 6.07 Å². The molecule has 0 aromatic carbocycles. The Labute approximate surface area is 115 Å². The van der Waals surface area contributed by atoms with Crippen molar-refractivity contribution in [3.05, 3.63) is 21.4 Å². The molecule has 4 N–H and O–H groups in total. The van der Waals surface area contributed by atoms with E-state index in [0.717, 1.165) is 30.1 Å². The lowest BCUT2D eigenvalue weighted by Gasteiger charge is -2.18. The molecule has 1 fully saturated rings. The van der Waals surface area contributed by atoms with Crippen LogP contribution in [0.1, 0.15) is 26.5 Å². The van der Waals surface area contributed by atoms with Crippen molar-refractivity contribution >= 4 is 23.2 Å². The number of rotatable bonds is 3. The number of hydrazine groups is 1. The van der Waals surface area contributed by atoms with Gasteiger partial charge in [0.05, 0.1) is 4.88 Å². The Hall–Kier alpha value is -1.44. The minimum absolute atomic E-state index is 0.104. The first-order valence-electron chi connectivity index (χ1n) is 6.19. The highest BCUT2D eigenvalue weighted by molar-refractivity contribution is 7.14. The Morgan fingerprint density at radius 1 is 1.58 bits per heavy atom. The summed E-state index contributed by atoms with van der Waals surface area (Å²) in [6.45, 7) is 5.01. The first-order valence-corrected chi connectivity index (χ1v) is 7.01. The number of hydrogen-bond donors (Lipinski definition) is 3. The van der Waals surface area contributed by atoms with Crippen LogP contribution in [0.2, 0.25) is 0 Å². The predicted octanol–water partition coefficient (Wildman–Crippen LogP) is -0.0181. The van der Waals surface area contributed by atoms with Gasteiger partial charge >= 0.3 is 0 Å². The summed E-state index contributed by atoms with van der Waals surface area (Å²) in [4.78, 5) is 26.7. The van der Waals surface area contributed by atoms with Gasteiger partial charge in [-0.25, -0.2) is 5.84 Å². The molecule has 104 valence electrons. The lowest BCUT2D eigenvalue weighted by atomic mass is 10.2. The van der Waals surface area contributed by atoms with Gasteiger partial charge in [-0.3, -0.25) is 19.9 Å². The molecule has 19 heavy (non-hydrogen) atoms.